The SMILES string of the molecule is CCCC[C@@H](c1cc(F)c(OCC)c(Cl)c1)N1CCNCC1.Cl. The third-order valence-corrected chi connectivity index (χ3v) is 4.40. The number of hydrogen-bond acceptors (Lipinski definition) is 3. The molecule has 1 fully saturated rings. The summed E-state index contributed by atoms with van der Waals surface area (Å²) in [5.74, 6) is -0.191. The maximum absolute atomic E-state index is 14.3. The van der Waals surface area contributed by atoms with Crippen LogP contribution >= 0.6 is 24.0 Å². The Morgan fingerprint density at radius 3 is 2.57 bits per heavy atom. The summed E-state index contributed by atoms with van der Waals surface area (Å²) in [6, 6.07) is 3.70. The highest BCUT2D eigenvalue weighted by atomic mass is 35.5. The van der Waals surface area contributed by atoms with Crippen molar-refractivity contribution in [3.8, 4) is 5.75 Å². The van der Waals surface area contributed by atoms with Crippen LogP contribution in [0.25, 0.3) is 0 Å². The van der Waals surface area contributed by atoms with Crippen molar-refractivity contribution in [2.75, 3.05) is 32.8 Å². The van der Waals surface area contributed by atoms with E-state index in [1.807, 2.05) is 13.0 Å². The summed E-state index contributed by atoms with van der Waals surface area (Å²) >= 11 is 6.23. The zero-order valence-electron chi connectivity index (χ0n) is 13.9. The van der Waals surface area contributed by atoms with Crippen LogP contribution in [0.1, 0.15) is 44.7 Å². The molecule has 1 saturated heterocycles. The standard InChI is InChI=1S/C17H26ClFN2O.ClH/c1-3-5-6-16(21-9-7-20-8-10-21)13-11-14(18)17(22-4-2)15(19)12-13;/h11-12,16,20H,3-10H2,1-2H3;1H/t16-;/m0./s1. The molecule has 0 unspecified atom stereocenters. The van der Waals surface area contributed by atoms with Crippen LogP contribution in [0.4, 0.5) is 4.39 Å². The molecule has 0 radical (unpaired) electrons. The molecule has 2 rings (SSSR count). The molecule has 0 amide bonds. The number of hydrogen-bond donors (Lipinski definition) is 1. The van der Waals surface area contributed by atoms with Crippen LogP contribution in [-0.4, -0.2) is 37.7 Å². The van der Waals surface area contributed by atoms with Gasteiger partial charge in [0.15, 0.2) is 11.6 Å². The van der Waals surface area contributed by atoms with Crippen LogP contribution in [0, 0.1) is 5.82 Å². The fourth-order valence-corrected chi connectivity index (χ4v) is 3.28. The molecule has 0 saturated carbocycles. The molecule has 23 heavy (non-hydrogen) atoms. The first-order chi connectivity index (χ1) is 10.7. The second-order valence-corrected chi connectivity index (χ2v) is 6.10. The molecule has 1 atom stereocenters. The lowest BCUT2D eigenvalue weighted by Crippen LogP contribution is -2.45. The Bertz CT molecular complexity index is 459. The average molecular weight is 365 g/mol. The van der Waals surface area contributed by atoms with Gasteiger partial charge in [-0.2, -0.15) is 0 Å². The maximum atomic E-state index is 14.3. The number of benzene rings is 1. The van der Waals surface area contributed by atoms with Gasteiger partial charge in [-0.05, 0) is 31.0 Å². The number of piperazine rings is 1. The predicted octanol–water partition coefficient (Wildman–Crippen LogP) is 4.44. The summed E-state index contributed by atoms with van der Waals surface area (Å²) in [7, 11) is 0. The van der Waals surface area contributed by atoms with Gasteiger partial charge in [0, 0.05) is 32.2 Å². The van der Waals surface area contributed by atoms with Gasteiger partial charge in [-0.15, -0.1) is 12.4 Å². The van der Waals surface area contributed by atoms with Crippen LogP contribution in [-0.2, 0) is 0 Å². The number of rotatable bonds is 7. The normalized spacial score (nSPS) is 16.7. The molecular formula is C17H27Cl2FN2O. The Kier molecular flexibility index (Phi) is 9.22. The third kappa shape index (κ3) is 5.49. The van der Waals surface area contributed by atoms with E-state index in [2.05, 4.69) is 17.1 Å². The average Bonchev–Trinajstić information content (AvgIpc) is 2.52. The molecule has 0 aliphatic carbocycles. The lowest BCUT2D eigenvalue weighted by atomic mass is 9.98. The molecule has 0 bridgehead atoms. The van der Waals surface area contributed by atoms with E-state index in [0.29, 0.717) is 11.6 Å². The fraction of sp³-hybridized carbons (Fsp3) is 0.647. The van der Waals surface area contributed by atoms with E-state index in [0.717, 1.165) is 51.0 Å². The Hall–Kier alpha value is -0.550. The van der Waals surface area contributed by atoms with Crippen LogP contribution in [0.15, 0.2) is 12.1 Å². The fourth-order valence-electron chi connectivity index (χ4n) is 3.01. The summed E-state index contributed by atoms with van der Waals surface area (Å²) in [4.78, 5) is 2.43. The molecular weight excluding hydrogens is 338 g/mol. The van der Waals surface area contributed by atoms with E-state index in [-0.39, 0.29) is 30.0 Å². The Balaban J connectivity index is 0.00000264. The zero-order valence-corrected chi connectivity index (χ0v) is 15.5. The highest BCUT2D eigenvalue weighted by Gasteiger charge is 2.24. The van der Waals surface area contributed by atoms with Crippen LogP contribution in [0.5, 0.6) is 5.75 Å². The largest absolute Gasteiger partial charge is 0.489 e. The predicted molar refractivity (Wildman–Crippen MR) is 96.5 cm³/mol. The monoisotopic (exact) mass is 364 g/mol. The van der Waals surface area contributed by atoms with E-state index >= 15 is 0 Å². The first kappa shape index (κ1) is 20.5. The summed E-state index contributed by atoms with van der Waals surface area (Å²) in [6.07, 6.45) is 3.29. The van der Waals surface area contributed by atoms with Crippen molar-refractivity contribution in [1.29, 1.82) is 0 Å². The minimum atomic E-state index is -0.360. The number of nitrogens with one attached hydrogen (secondary N) is 1. The van der Waals surface area contributed by atoms with Crippen molar-refractivity contribution >= 4 is 24.0 Å². The molecule has 1 N–H and O–H groups in total. The van der Waals surface area contributed by atoms with Gasteiger partial charge in [-0.1, -0.05) is 31.4 Å². The van der Waals surface area contributed by atoms with Gasteiger partial charge in [-0.3, -0.25) is 4.90 Å². The highest BCUT2D eigenvalue weighted by Crippen LogP contribution is 2.35. The molecule has 132 valence electrons. The minimum Gasteiger partial charge on any atom is -0.489 e. The van der Waals surface area contributed by atoms with Gasteiger partial charge in [-0.25, -0.2) is 4.39 Å². The Morgan fingerprint density at radius 2 is 2.00 bits per heavy atom. The zero-order chi connectivity index (χ0) is 15.9. The third-order valence-electron chi connectivity index (χ3n) is 4.12. The molecule has 1 aliphatic rings. The van der Waals surface area contributed by atoms with E-state index < -0.39 is 0 Å². The Morgan fingerprint density at radius 1 is 1.30 bits per heavy atom. The lowest BCUT2D eigenvalue weighted by Gasteiger charge is -2.35. The quantitative estimate of drug-likeness (QED) is 0.773. The summed E-state index contributed by atoms with van der Waals surface area (Å²) in [6.45, 7) is 8.36. The first-order valence-corrected chi connectivity index (χ1v) is 8.61. The topological polar surface area (TPSA) is 24.5 Å². The van der Waals surface area contributed by atoms with E-state index in [1.165, 1.54) is 0 Å². The second-order valence-electron chi connectivity index (χ2n) is 5.69. The minimum absolute atomic E-state index is 0. The number of ether oxygens (including phenoxy) is 1. The van der Waals surface area contributed by atoms with Gasteiger partial charge < -0.3 is 10.1 Å². The lowest BCUT2D eigenvalue weighted by molar-refractivity contribution is 0.163. The molecule has 0 spiro atoms. The van der Waals surface area contributed by atoms with E-state index in [9.17, 15) is 4.39 Å². The van der Waals surface area contributed by atoms with Gasteiger partial charge in [0.1, 0.15) is 0 Å². The van der Waals surface area contributed by atoms with Crippen LogP contribution < -0.4 is 10.1 Å². The van der Waals surface area contributed by atoms with Crippen molar-refractivity contribution in [1.82, 2.24) is 10.2 Å². The molecule has 1 aromatic carbocycles. The first-order valence-electron chi connectivity index (χ1n) is 8.23. The van der Waals surface area contributed by atoms with Gasteiger partial charge >= 0.3 is 0 Å². The molecule has 6 heteroatoms. The van der Waals surface area contributed by atoms with Crippen LogP contribution in [0.2, 0.25) is 5.02 Å². The smallest absolute Gasteiger partial charge is 0.173 e. The summed E-state index contributed by atoms with van der Waals surface area (Å²) < 4.78 is 19.6. The molecule has 3 nitrogen and oxygen atoms in total. The van der Waals surface area contributed by atoms with E-state index in [1.54, 1.807) is 6.07 Å². The number of nitrogens with zero attached hydrogens (tertiary/aromatic N) is 1. The molecule has 0 aromatic heterocycles. The number of unbranched alkanes of at least 4 members (excludes halogenated alkanes) is 1. The molecule has 1 heterocycles. The van der Waals surface area contributed by atoms with Gasteiger partial charge in [0.05, 0.1) is 11.6 Å². The maximum Gasteiger partial charge on any atom is 0.173 e. The van der Waals surface area contributed by atoms with Crippen molar-refractivity contribution in [2.24, 2.45) is 0 Å². The highest BCUT2D eigenvalue weighted by molar-refractivity contribution is 6.32. The van der Waals surface area contributed by atoms with Gasteiger partial charge in [0.25, 0.3) is 0 Å². The van der Waals surface area contributed by atoms with E-state index in [4.69, 9.17) is 16.3 Å². The van der Waals surface area contributed by atoms with Crippen molar-refractivity contribution in [3.05, 3.63) is 28.5 Å². The van der Waals surface area contributed by atoms with Crippen molar-refractivity contribution in [2.45, 2.75) is 39.2 Å². The second kappa shape index (κ2) is 10.3. The molecule has 1 aromatic rings. The number of halogens is 3. The summed E-state index contributed by atoms with van der Waals surface area (Å²) in [5, 5.41) is 3.73. The van der Waals surface area contributed by atoms with Crippen LogP contribution in [0.3, 0.4) is 0 Å². The van der Waals surface area contributed by atoms with Crippen molar-refractivity contribution in [3.63, 3.8) is 0 Å². The summed E-state index contributed by atoms with van der Waals surface area (Å²) in [5.41, 5.74) is 0.960. The Labute approximate surface area is 149 Å². The molecule has 1 aliphatic heterocycles. The van der Waals surface area contributed by atoms with Crippen molar-refractivity contribution < 1.29 is 9.13 Å². The van der Waals surface area contributed by atoms with Gasteiger partial charge in [0.2, 0.25) is 0 Å².